The molecule has 0 amide bonds. The monoisotopic (exact) mass is 550 g/mol. The van der Waals surface area contributed by atoms with Gasteiger partial charge in [-0.25, -0.2) is 4.98 Å². The first kappa shape index (κ1) is 23.7. The largest absolute Gasteiger partial charge is 0.323 e. The molecular weight excluding hydrogens is 527 g/mol. The van der Waals surface area contributed by atoms with E-state index in [0.29, 0.717) is 22.4 Å². The fraction of sp³-hybridized carbons (Fsp3) is 0.333. The fourth-order valence-electron chi connectivity index (χ4n) is 3.93. The molecule has 32 heavy (non-hydrogen) atoms. The first-order valence-electron chi connectivity index (χ1n) is 10.7. The summed E-state index contributed by atoms with van der Waals surface area (Å²) in [6, 6.07) is 8.26. The van der Waals surface area contributed by atoms with Gasteiger partial charge in [-0.3, -0.25) is 4.57 Å². The highest BCUT2D eigenvalue weighted by atomic mass is 79.9. The van der Waals surface area contributed by atoms with Gasteiger partial charge in [-0.2, -0.15) is 5.10 Å². The van der Waals surface area contributed by atoms with Crippen LogP contribution in [0.25, 0.3) is 11.3 Å². The molecule has 2 aromatic rings. The van der Waals surface area contributed by atoms with Gasteiger partial charge in [0.1, 0.15) is 5.82 Å². The summed E-state index contributed by atoms with van der Waals surface area (Å²) >= 11 is 18.2. The first-order chi connectivity index (χ1) is 15.5. The van der Waals surface area contributed by atoms with Crippen LogP contribution < -0.4 is 5.84 Å². The zero-order valence-electron chi connectivity index (χ0n) is 17.8. The molecule has 1 aromatic carbocycles. The molecule has 0 spiro atoms. The molecule has 2 N–H and O–H groups in total. The van der Waals surface area contributed by atoms with Gasteiger partial charge in [-0.05, 0) is 56.0 Å². The number of halogens is 3. The summed E-state index contributed by atoms with van der Waals surface area (Å²) in [4.78, 5) is 5.10. The van der Waals surface area contributed by atoms with E-state index in [0.717, 1.165) is 50.2 Å². The highest BCUT2D eigenvalue weighted by Crippen LogP contribution is 2.37. The molecule has 4 rings (SSSR count). The molecule has 2 aliphatic carbocycles. The van der Waals surface area contributed by atoms with Crippen LogP contribution in [0.15, 0.2) is 62.1 Å². The second kappa shape index (κ2) is 10.6. The number of hydrogen-bond donors (Lipinski definition) is 1. The van der Waals surface area contributed by atoms with E-state index < -0.39 is 0 Å². The number of rotatable bonds is 6. The van der Waals surface area contributed by atoms with Crippen molar-refractivity contribution in [3.8, 4) is 5.69 Å². The number of hydrogen-bond acceptors (Lipinski definition) is 4. The van der Waals surface area contributed by atoms with Crippen LogP contribution in [0.2, 0.25) is 0 Å². The van der Waals surface area contributed by atoms with E-state index in [-0.39, 0.29) is 0 Å². The SMILES string of the molecule is CCc1c(CS/C(=N\N)C2CCC2)nc(C2=CCC=C(Cl)C=C2Cl)n1-c1ccc(Br)cc1. The summed E-state index contributed by atoms with van der Waals surface area (Å²) in [5.74, 6) is 7.76. The third-order valence-electron chi connectivity index (χ3n) is 5.81. The van der Waals surface area contributed by atoms with Gasteiger partial charge in [-0.1, -0.05) is 64.6 Å². The van der Waals surface area contributed by atoms with Crippen molar-refractivity contribution in [2.24, 2.45) is 16.9 Å². The molecule has 168 valence electrons. The zero-order valence-corrected chi connectivity index (χ0v) is 21.7. The standard InChI is InChI=1S/C24H25BrCl2N4S/c1-2-22-21(14-32-24(30-28)15-5-3-6-15)29-23(19-8-4-7-17(26)13-20(19)27)31(22)18-11-9-16(25)10-12-18/h7-13,15H,2-6,14,28H2,1H3/b30-24-. The Hall–Kier alpha value is -1.47. The number of aromatic nitrogens is 2. The number of hydrazone groups is 1. The van der Waals surface area contributed by atoms with Gasteiger partial charge in [0, 0.05) is 38.1 Å². The quantitative estimate of drug-likeness (QED) is 0.174. The molecule has 0 atom stereocenters. The van der Waals surface area contributed by atoms with Gasteiger partial charge in [0.25, 0.3) is 0 Å². The number of imidazole rings is 1. The Bertz CT molecular complexity index is 1110. The third-order valence-corrected chi connectivity index (χ3v) is 8.07. The van der Waals surface area contributed by atoms with E-state index >= 15 is 0 Å². The van der Waals surface area contributed by atoms with Crippen LogP contribution in [0.1, 0.15) is 49.8 Å². The minimum atomic E-state index is 0.498. The molecule has 1 saturated carbocycles. The van der Waals surface area contributed by atoms with Gasteiger partial charge in [0.05, 0.1) is 15.8 Å². The van der Waals surface area contributed by atoms with Crippen molar-refractivity contribution in [1.29, 1.82) is 0 Å². The number of thioether (sulfide) groups is 1. The number of nitrogens with two attached hydrogens (primary N) is 1. The molecule has 0 radical (unpaired) electrons. The second-order valence-corrected chi connectivity index (χ2v) is 10.6. The number of benzene rings is 1. The smallest absolute Gasteiger partial charge is 0.146 e. The van der Waals surface area contributed by atoms with Crippen molar-refractivity contribution in [3.05, 3.63) is 74.2 Å². The maximum Gasteiger partial charge on any atom is 0.146 e. The first-order valence-corrected chi connectivity index (χ1v) is 13.3. The molecular formula is C24H25BrCl2N4S. The Balaban J connectivity index is 1.78. The van der Waals surface area contributed by atoms with E-state index in [2.05, 4.69) is 50.7 Å². The van der Waals surface area contributed by atoms with Crippen LogP contribution in [-0.2, 0) is 12.2 Å². The molecule has 4 nitrogen and oxygen atoms in total. The van der Waals surface area contributed by atoms with Gasteiger partial charge in [0.15, 0.2) is 0 Å². The minimum absolute atomic E-state index is 0.498. The van der Waals surface area contributed by atoms with Gasteiger partial charge >= 0.3 is 0 Å². The van der Waals surface area contributed by atoms with E-state index in [1.165, 1.54) is 19.3 Å². The summed E-state index contributed by atoms with van der Waals surface area (Å²) in [6.45, 7) is 2.16. The number of nitrogens with zero attached hydrogens (tertiary/aromatic N) is 3. The average molecular weight is 552 g/mol. The Labute approximate surface area is 211 Å². The minimum Gasteiger partial charge on any atom is -0.323 e. The van der Waals surface area contributed by atoms with Gasteiger partial charge in [0.2, 0.25) is 0 Å². The zero-order chi connectivity index (χ0) is 22.7. The lowest BCUT2D eigenvalue weighted by atomic mass is 9.86. The van der Waals surface area contributed by atoms with Crippen molar-refractivity contribution in [3.63, 3.8) is 0 Å². The Kier molecular flexibility index (Phi) is 7.87. The van der Waals surface area contributed by atoms with Crippen molar-refractivity contribution in [1.82, 2.24) is 9.55 Å². The molecule has 0 unspecified atom stereocenters. The maximum absolute atomic E-state index is 6.69. The van der Waals surface area contributed by atoms with E-state index in [1.54, 1.807) is 17.8 Å². The van der Waals surface area contributed by atoms with Crippen LogP contribution in [-0.4, -0.2) is 14.6 Å². The predicted molar refractivity (Wildman–Crippen MR) is 141 cm³/mol. The molecule has 1 heterocycles. The van der Waals surface area contributed by atoms with Crippen molar-refractivity contribution in [2.75, 3.05) is 0 Å². The Morgan fingerprint density at radius 1 is 1.25 bits per heavy atom. The van der Waals surface area contributed by atoms with Crippen LogP contribution in [0.3, 0.4) is 0 Å². The third kappa shape index (κ3) is 5.04. The Morgan fingerprint density at radius 2 is 2.00 bits per heavy atom. The summed E-state index contributed by atoms with van der Waals surface area (Å²) < 4.78 is 3.25. The van der Waals surface area contributed by atoms with Crippen LogP contribution in [0.4, 0.5) is 0 Å². The highest BCUT2D eigenvalue weighted by Gasteiger charge is 2.26. The predicted octanol–water partition coefficient (Wildman–Crippen LogP) is 7.54. The van der Waals surface area contributed by atoms with E-state index in [4.69, 9.17) is 34.0 Å². The van der Waals surface area contributed by atoms with Gasteiger partial charge in [-0.15, -0.1) is 11.8 Å². The second-order valence-electron chi connectivity index (χ2n) is 7.81. The Morgan fingerprint density at radius 3 is 2.62 bits per heavy atom. The van der Waals surface area contributed by atoms with E-state index in [9.17, 15) is 0 Å². The molecule has 1 aromatic heterocycles. The van der Waals surface area contributed by atoms with Crippen molar-refractivity contribution < 1.29 is 0 Å². The summed E-state index contributed by atoms with van der Waals surface area (Å²) in [5.41, 5.74) is 4.13. The fourth-order valence-corrected chi connectivity index (χ4v) is 5.79. The molecule has 0 aliphatic heterocycles. The molecule has 1 fully saturated rings. The molecule has 0 saturated heterocycles. The highest BCUT2D eigenvalue weighted by molar-refractivity contribution is 9.10. The summed E-state index contributed by atoms with van der Waals surface area (Å²) in [5, 5.41) is 6.33. The van der Waals surface area contributed by atoms with Crippen LogP contribution >= 0.6 is 50.9 Å². The summed E-state index contributed by atoms with van der Waals surface area (Å²) in [7, 11) is 0. The van der Waals surface area contributed by atoms with Gasteiger partial charge < -0.3 is 5.84 Å². The lowest BCUT2D eigenvalue weighted by molar-refractivity contribution is 0.417. The van der Waals surface area contributed by atoms with Crippen LogP contribution in [0, 0.1) is 5.92 Å². The average Bonchev–Trinajstić information content (AvgIpc) is 3.01. The van der Waals surface area contributed by atoms with Crippen molar-refractivity contribution in [2.45, 2.75) is 44.8 Å². The van der Waals surface area contributed by atoms with Crippen molar-refractivity contribution >= 4 is 61.5 Å². The summed E-state index contributed by atoms with van der Waals surface area (Å²) in [6.07, 6.45) is 11.0. The lowest BCUT2D eigenvalue weighted by Crippen LogP contribution is -2.21. The molecule has 8 heteroatoms. The topological polar surface area (TPSA) is 56.2 Å². The normalized spacial score (nSPS) is 17.4. The van der Waals surface area contributed by atoms with E-state index in [1.807, 2.05) is 18.2 Å². The van der Waals surface area contributed by atoms with Crippen LogP contribution in [0.5, 0.6) is 0 Å². The molecule has 0 bridgehead atoms. The number of allylic oxidation sites excluding steroid dienone is 6. The lowest BCUT2D eigenvalue weighted by Gasteiger charge is -2.25. The maximum atomic E-state index is 6.69. The molecule has 2 aliphatic rings.